The van der Waals surface area contributed by atoms with Gasteiger partial charge in [-0.15, -0.1) is 0 Å². The van der Waals surface area contributed by atoms with E-state index in [9.17, 15) is 0 Å². The molecule has 0 aromatic rings. The van der Waals surface area contributed by atoms with E-state index in [0.29, 0.717) is 0 Å². The molecule has 100 valence electrons. The molecule has 2 nitrogen and oxygen atoms in total. The average molecular weight is 239 g/mol. The van der Waals surface area contributed by atoms with E-state index in [1.807, 2.05) is 0 Å². The van der Waals surface area contributed by atoms with Crippen LogP contribution < -0.4 is 5.32 Å². The molecular weight excluding hydrogens is 210 g/mol. The number of allylic oxidation sites excluding steroid dienone is 3. The van der Waals surface area contributed by atoms with Crippen LogP contribution in [0.5, 0.6) is 0 Å². The molecule has 0 aromatic heterocycles. The van der Waals surface area contributed by atoms with Gasteiger partial charge in [0.2, 0.25) is 0 Å². The number of hydrogen-bond acceptors (Lipinski definition) is 2. The summed E-state index contributed by atoms with van der Waals surface area (Å²) >= 11 is 0. The van der Waals surface area contributed by atoms with Crippen molar-refractivity contribution < 1.29 is 4.74 Å². The van der Waals surface area contributed by atoms with Crippen molar-refractivity contribution in [2.24, 2.45) is 0 Å². The first-order valence-electron chi connectivity index (χ1n) is 6.83. The van der Waals surface area contributed by atoms with Crippen molar-refractivity contribution in [1.29, 1.82) is 0 Å². The van der Waals surface area contributed by atoms with Crippen LogP contribution in [0.3, 0.4) is 0 Å². The number of hydrogen-bond donors (Lipinski definition) is 1. The first-order chi connectivity index (χ1) is 8.21. The predicted octanol–water partition coefficient (Wildman–Crippen LogP) is 4.04. The van der Waals surface area contributed by atoms with Crippen LogP contribution in [0.2, 0.25) is 0 Å². The fourth-order valence-corrected chi connectivity index (χ4v) is 1.81. The number of nitrogens with one attached hydrogen (secondary N) is 1. The largest absolute Gasteiger partial charge is 0.383 e. The molecule has 0 aliphatic heterocycles. The van der Waals surface area contributed by atoms with Crippen LogP contribution in [0.4, 0.5) is 0 Å². The lowest BCUT2D eigenvalue weighted by Crippen LogP contribution is -2.20. The van der Waals surface area contributed by atoms with Gasteiger partial charge in [0.05, 0.1) is 6.61 Å². The fraction of sp³-hybridized carbons (Fsp3) is 0.733. The Balaban J connectivity index is 4.76. The topological polar surface area (TPSA) is 21.3 Å². The lowest BCUT2D eigenvalue weighted by atomic mass is 10.0. The van der Waals surface area contributed by atoms with Gasteiger partial charge in [-0.05, 0) is 31.8 Å². The van der Waals surface area contributed by atoms with E-state index in [1.165, 1.54) is 23.3 Å². The fourth-order valence-electron chi connectivity index (χ4n) is 1.81. The van der Waals surface area contributed by atoms with Crippen LogP contribution in [-0.4, -0.2) is 20.3 Å². The third-order valence-electron chi connectivity index (χ3n) is 2.98. The van der Waals surface area contributed by atoms with Gasteiger partial charge in [-0.2, -0.15) is 0 Å². The number of rotatable bonds is 9. The van der Waals surface area contributed by atoms with Gasteiger partial charge in [-0.25, -0.2) is 0 Å². The molecule has 0 aliphatic rings. The van der Waals surface area contributed by atoms with E-state index in [-0.39, 0.29) is 0 Å². The molecule has 0 radical (unpaired) electrons. The summed E-state index contributed by atoms with van der Waals surface area (Å²) in [5, 5.41) is 3.50. The Labute approximate surface area is 107 Å². The maximum absolute atomic E-state index is 5.09. The SMILES string of the molecule is CCC/C=C(NCCOC)/C(CC)=C(\C)CC. The van der Waals surface area contributed by atoms with Gasteiger partial charge in [0.25, 0.3) is 0 Å². The van der Waals surface area contributed by atoms with E-state index in [2.05, 4.69) is 39.1 Å². The average Bonchev–Trinajstić information content (AvgIpc) is 2.35. The first-order valence-corrected chi connectivity index (χ1v) is 6.83. The summed E-state index contributed by atoms with van der Waals surface area (Å²) in [7, 11) is 1.74. The summed E-state index contributed by atoms with van der Waals surface area (Å²) < 4.78 is 5.09. The van der Waals surface area contributed by atoms with E-state index in [0.717, 1.165) is 32.4 Å². The van der Waals surface area contributed by atoms with Gasteiger partial charge in [0.15, 0.2) is 0 Å². The van der Waals surface area contributed by atoms with Gasteiger partial charge >= 0.3 is 0 Å². The Hall–Kier alpha value is -0.760. The highest BCUT2D eigenvalue weighted by Gasteiger charge is 2.05. The van der Waals surface area contributed by atoms with Crippen molar-refractivity contribution >= 4 is 0 Å². The van der Waals surface area contributed by atoms with Crippen LogP contribution in [0.15, 0.2) is 22.9 Å². The monoisotopic (exact) mass is 239 g/mol. The minimum absolute atomic E-state index is 0.756. The summed E-state index contributed by atoms with van der Waals surface area (Å²) in [6.07, 6.45) is 6.87. The van der Waals surface area contributed by atoms with Crippen molar-refractivity contribution in [2.45, 2.75) is 53.4 Å². The third kappa shape index (κ3) is 6.52. The van der Waals surface area contributed by atoms with E-state index in [1.54, 1.807) is 7.11 Å². The van der Waals surface area contributed by atoms with Gasteiger partial charge < -0.3 is 10.1 Å². The van der Waals surface area contributed by atoms with Crippen LogP contribution in [0.25, 0.3) is 0 Å². The Morgan fingerprint density at radius 1 is 1.18 bits per heavy atom. The maximum atomic E-state index is 5.09. The Kier molecular flexibility index (Phi) is 9.93. The van der Waals surface area contributed by atoms with E-state index >= 15 is 0 Å². The minimum Gasteiger partial charge on any atom is -0.383 e. The van der Waals surface area contributed by atoms with Crippen molar-refractivity contribution in [2.75, 3.05) is 20.3 Å². The highest BCUT2D eigenvalue weighted by Crippen LogP contribution is 2.19. The molecule has 0 aliphatic carbocycles. The molecule has 0 saturated carbocycles. The molecule has 2 heteroatoms. The molecule has 0 amide bonds. The second kappa shape index (κ2) is 10.4. The smallest absolute Gasteiger partial charge is 0.0635 e. The van der Waals surface area contributed by atoms with E-state index < -0.39 is 0 Å². The van der Waals surface area contributed by atoms with Crippen molar-refractivity contribution in [1.82, 2.24) is 5.32 Å². The molecule has 0 aromatic carbocycles. The van der Waals surface area contributed by atoms with Crippen molar-refractivity contribution in [3.8, 4) is 0 Å². The standard InChI is InChI=1S/C15H29NO/c1-6-9-10-15(16-11-12-17-5)14(8-3)13(4)7-2/h10,16H,6-9,11-12H2,1-5H3/b14-13+,15-10-. The molecule has 0 heterocycles. The first kappa shape index (κ1) is 16.2. The second-order valence-electron chi connectivity index (χ2n) is 4.29. The van der Waals surface area contributed by atoms with Crippen LogP contribution >= 0.6 is 0 Å². The lowest BCUT2D eigenvalue weighted by molar-refractivity contribution is 0.202. The molecule has 17 heavy (non-hydrogen) atoms. The second-order valence-corrected chi connectivity index (χ2v) is 4.29. The molecule has 0 fully saturated rings. The van der Waals surface area contributed by atoms with Gasteiger partial charge in [0, 0.05) is 19.4 Å². The molecule has 1 N–H and O–H groups in total. The number of unbranched alkanes of at least 4 members (excludes halogenated alkanes) is 1. The highest BCUT2D eigenvalue weighted by atomic mass is 16.5. The number of methoxy groups -OCH3 is 1. The molecular formula is C15H29NO. The maximum Gasteiger partial charge on any atom is 0.0635 e. The minimum atomic E-state index is 0.756. The summed E-state index contributed by atoms with van der Waals surface area (Å²) in [5.41, 5.74) is 4.27. The Morgan fingerprint density at radius 2 is 1.88 bits per heavy atom. The van der Waals surface area contributed by atoms with Crippen LogP contribution in [0.1, 0.15) is 53.4 Å². The Morgan fingerprint density at radius 3 is 2.35 bits per heavy atom. The predicted molar refractivity (Wildman–Crippen MR) is 76.2 cm³/mol. The normalized spacial score (nSPS) is 13.6. The molecule has 0 atom stereocenters. The zero-order chi connectivity index (χ0) is 13.1. The van der Waals surface area contributed by atoms with E-state index in [4.69, 9.17) is 4.74 Å². The molecule has 0 saturated heterocycles. The lowest BCUT2D eigenvalue weighted by Gasteiger charge is -2.16. The highest BCUT2D eigenvalue weighted by molar-refractivity contribution is 5.33. The van der Waals surface area contributed by atoms with Gasteiger partial charge in [0.1, 0.15) is 0 Å². The number of ether oxygens (including phenoxy) is 1. The van der Waals surface area contributed by atoms with Crippen molar-refractivity contribution in [3.05, 3.63) is 22.9 Å². The van der Waals surface area contributed by atoms with Gasteiger partial charge in [-0.1, -0.05) is 38.8 Å². The van der Waals surface area contributed by atoms with Crippen molar-refractivity contribution in [3.63, 3.8) is 0 Å². The summed E-state index contributed by atoms with van der Waals surface area (Å²) in [5.74, 6) is 0. The summed E-state index contributed by atoms with van der Waals surface area (Å²) in [6, 6.07) is 0. The van der Waals surface area contributed by atoms with Crippen LogP contribution in [-0.2, 0) is 4.74 Å². The third-order valence-corrected chi connectivity index (χ3v) is 2.98. The quantitative estimate of drug-likeness (QED) is 0.484. The molecule has 0 spiro atoms. The Bertz CT molecular complexity index is 254. The zero-order valence-electron chi connectivity index (χ0n) is 12.2. The molecule has 0 bridgehead atoms. The molecule has 0 unspecified atom stereocenters. The zero-order valence-corrected chi connectivity index (χ0v) is 12.2. The van der Waals surface area contributed by atoms with Crippen LogP contribution in [0, 0.1) is 0 Å². The summed E-state index contributed by atoms with van der Waals surface area (Å²) in [6.45, 7) is 10.5. The molecule has 0 rings (SSSR count). The van der Waals surface area contributed by atoms with Gasteiger partial charge in [-0.3, -0.25) is 0 Å². The summed E-state index contributed by atoms with van der Waals surface area (Å²) in [4.78, 5) is 0.